The van der Waals surface area contributed by atoms with E-state index in [9.17, 15) is 4.79 Å². The molecule has 0 aliphatic rings. The highest BCUT2D eigenvalue weighted by molar-refractivity contribution is 7.14. The van der Waals surface area contributed by atoms with Gasteiger partial charge < -0.3 is 14.8 Å². The molecular formula is C16H14N2O3S2. The number of carbonyl (C=O) groups is 1. The second-order valence-corrected chi connectivity index (χ2v) is 6.21. The molecule has 0 spiro atoms. The monoisotopic (exact) mass is 346 g/mol. The van der Waals surface area contributed by atoms with Crippen LogP contribution in [-0.2, 0) is 0 Å². The van der Waals surface area contributed by atoms with Crippen LogP contribution in [0.5, 0.6) is 11.5 Å². The third kappa shape index (κ3) is 3.35. The smallest absolute Gasteiger partial charge is 0.275 e. The fourth-order valence-corrected chi connectivity index (χ4v) is 3.50. The number of hydrogen-bond donors (Lipinski definition) is 1. The van der Waals surface area contributed by atoms with Crippen molar-refractivity contribution >= 4 is 34.3 Å². The maximum atomic E-state index is 12.4. The van der Waals surface area contributed by atoms with E-state index in [1.807, 2.05) is 16.8 Å². The van der Waals surface area contributed by atoms with Crippen LogP contribution in [-0.4, -0.2) is 25.1 Å². The molecule has 0 radical (unpaired) electrons. The third-order valence-corrected chi connectivity index (χ3v) is 4.74. The number of thiazole rings is 1. The lowest BCUT2D eigenvalue weighted by atomic mass is 10.2. The van der Waals surface area contributed by atoms with E-state index in [2.05, 4.69) is 10.3 Å². The first-order valence-electron chi connectivity index (χ1n) is 6.72. The number of anilines is 1. The van der Waals surface area contributed by atoms with Crippen LogP contribution in [0, 0.1) is 0 Å². The second-order valence-electron chi connectivity index (χ2n) is 4.57. The Morgan fingerprint density at radius 1 is 1.17 bits per heavy atom. The van der Waals surface area contributed by atoms with Crippen LogP contribution in [0.3, 0.4) is 0 Å². The van der Waals surface area contributed by atoms with Crippen molar-refractivity contribution in [3.8, 4) is 22.1 Å². The molecule has 3 rings (SSSR count). The van der Waals surface area contributed by atoms with Gasteiger partial charge in [0.15, 0.2) is 0 Å². The number of methoxy groups -OCH3 is 2. The van der Waals surface area contributed by atoms with Crippen molar-refractivity contribution in [2.24, 2.45) is 0 Å². The lowest BCUT2D eigenvalue weighted by Gasteiger charge is -2.10. The van der Waals surface area contributed by atoms with Gasteiger partial charge in [0.25, 0.3) is 5.91 Å². The summed E-state index contributed by atoms with van der Waals surface area (Å²) in [6, 6.07) is 7.20. The van der Waals surface area contributed by atoms with E-state index in [1.165, 1.54) is 11.3 Å². The molecule has 0 aliphatic carbocycles. The molecule has 1 N–H and O–H groups in total. The van der Waals surface area contributed by atoms with Crippen molar-refractivity contribution < 1.29 is 14.3 Å². The lowest BCUT2D eigenvalue weighted by molar-refractivity contribution is 0.102. The molecule has 5 nitrogen and oxygen atoms in total. The van der Waals surface area contributed by atoms with Crippen LogP contribution in [0.25, 0.3) is 10.6 Å². The molecule has 0 bridgehead atoms. The Kier molecular flexibility index (Phi) is 4.59. The predicted octanol–water partition coefficient (Wildman–Crippen LogP) is 4.14. The quantitative estimate of drug-likeness (QED) is 0.754. The number of rotatable bonds is 5. The molecule has 0 atom stereocenters. The van der Waals surface area contributed by atoms with Crippen molar-refractivity contribution in [2.75, 3.05) is 19.5 Å². The summed E-state index contributed by atoms with van der Waals surface area (Å²) in [5, 5.41) is 9.39. The fourth-order valence-electron chi connectivity index (χ4n) is 1.98. The molecule has 0 saturated carbocycles. The summed E-state index contributed by atoms with van der Waals surface area (Å²) in [7, 11) is 3.12. The van der Waals surface area contributed by atoms with E-state index in [0.29, 0.717) is 22.9 Å². The molecule has 0 unspecified atom stereocenters. The summed E-state index contributed by atoms with van der Waals surface area (Å²) < 4.78 is 10.4. The number of benzene rings is 1. The number of nitrogens with one attached hydrogen (secondary N) is 1. The van der Waals surface area contributed by atoms with Gasteiger partial charge in [0.1, 0.15) is 22.2 Å². The van der Waals surface area contributed by atoms with E-state index in [-0.39, 0.29) is 5.91 Å². The summed E-state index contributed by atoms with van der Waals surface area (Å²) >= 11 is 3.05. The van der Waals surface area contributed by atoms with Crippen molar-refractivity contribution in [3.05, 3.63) is 46.1 Å². The Hall–Kier alpha value is -2.38. The van der Waals surface area contributed by atoms with E-state index >= 15 is 0 Å². The molecule has 1 aromatic carbocycles. The topological polar surface area (TPSA) is 60.5 Å². The molecule has 0 saturated heterocycles. The molecule has 2 heterocycles. The predicted molar refractivity (Wildman–Crippen MR) is 92.9 cm³/mol. The summed E-state index contributed by atoms with van der Waals surface area (Å²) in [6.45, 7) is 0. The molecule has 2 aromatic heterocycles. The summed E-state index contributed by atoms with van der Waals surface area (Å²) in [5.41, 5.74) is 1.98. The van der Waals surface area contributed by atoms with Gasteiger partial charge in [-0.3, -0.25) is 4.79 Å². The Bertz CT molecular complexity index is 813. The molecule has 3 aromatic rings. The number of carbonyl (C=O) groups excluding carboxylic acids is 1. The standard InChI is InChI=1S/C16H14N2O3S2/c1-20-11-3-4-12(14(7-11)21-2)17-15(19)13-9-23-16(18-13)10-5-6-22-8-10/h3-9H,1-2H3,(H,17,19). The summed E-state index contributed by atoms with van der Waals surface area (Å²) in [4.78, 5) is 16.8. The first kappa shape index (κ1) is 15.5. The SMILES string of the molecule is COc1ccc(NC(=O)c2csc(-c3ccsc3)n2)c(OC)c1. The Morgan fingerprint density at radius 3 is 2.74 bits per heavy atom. The van der Waals surface area contributed by atoms with Gasteiger partial charge in [-0.1, -0.05) is 0 Å². The zero-order valence-electron chi connectivity index (χ0n) is 12.5. The molecule has 0 aliphatic heterocycles. The summed E-state index contributed by atoms with van der Waals surface area (Å²) in [5.74, 6) is 0.922. The molecule has 23 heavy (non-hydrogen) atoms. The van der Waals surface area contributed by atoms with Gasteiger partial charge in [0, 0.05) is 22.4 Å². The van der Waals surface area contributed by atoms with Gasteiger partial charge >= 0.3 is 0 Å². The first-order valence-corrected chi connectivity index (χ1v) is 8.55. The highest BCUT2D eigenvalue weighted by Crippen LogP contribution is 2.30. The minimum absolute atomic E-state index is 0.272. The van der Waals surface area contributed by atoms with Gasteiger partial charge in [0.05, 0.1) is 19.9 Å². The number of nitrogens with zero attached hydrogens (tertiary/aromatic N) is 1. The number of thiophene rings is 1. The molecular weight excluding hydrogens is 332 g/mol. The number of hydrogen-bond acceptors (Lipinski definition) is 6. The van der Waals surface area contributed by atoms with E-state index < -0.39 is 0 Å². The Balaban J connectivity index is 1.79. The van der Waals surface area contributed by atoms with E-state index in [0.717, 1.165) is 10.6 Å². The van der Waals surface area contributed by atoms with Gasteiger partial charge in [0.2, 0.25) is 0 Å². The average molecular weight is 346 g/mol. The second kappa shape index (κ2) is 6.80. The number of aromatic nitrogens is 1. The molecule has 0 fully saturated rings. The third-order valence-electron chi connectivity index (χ3n) is 3.16. The average Bonchev–Trinajstić information content (AvgIpc) is 3.26. The van der Waals surface area contributed by atoms with E-state index in [1.54, 1.807) is 49.1 Å². The molecule has 118 valence electrons. The lowest BCUT2D eigenvalue weighted by Crippen LogP contribution is -2.13. The highest BCUT2D eigenvalue weighted by Gasteiger charge is 2.14. The first-order chi connectivity index (χ1) is 11.2. The zero-order chi connectivity index (χ0) is 16.2. The maximum absolute atomic E-state index is 12.4. The number of amides is 1. The largest absolute Gasteiger partial charge is 0.497 e. The van der Waals surface area contributed by atoms with Crippen LogP contribution in [0.4, 0.5) is 5.69 Å². The molecule has 1 amide bonds. The van der Waals surface area contributed by atoms with Gasteiger partial charge in [-0.05, 0) is 23.6 Å². The van der Waals surface area contributed by atoms with Crippen molar-refractivity contribution in [2.45, 2.75) is 0 Å². The number of ether oxygens (including phenoxy) is 2. The Morgan fingerprint density at radius 2 is 2.04 bits per heavy atom. The van der Waals surface area contributed by atoms with Gasteiger partial charge in [-0.2, -0.15) is 11.3 Å². The van der Waals surface area contributed by atoms with Gasteiger partial charge in [-0.25, -0.2) is 4.98 Å². The maximum Gasteiger partial charge on any atom is 0.275 e. The van der Waals surface area contributed by atoms with Crippen LogP contribution >= 0.6 is 22.7 Å². The summed E-state index contributed by atoms with van der Waals surface area (Å²) in [6.07, 6.45) is 0. The van der Waals surface area contributed by atoms with Gasteiger partial charge in [-0.15, -0.1) is 11.3 Å². The van der Waals surface area contributed by atoms with Crippen molar-refractivity contribution in [1.82, 2.24) is 4.98 Å². The van der Waals surface area contributed by atoms with Crippen molar-refractivity contribution in [1.29, 1.82) is 0 Å². The highest BCUT2D eigenvalue weighted by atomic mass is 32.1. The van der Waals surface area contributed by atoms with Crippen LogP contribution in [0.2, 0.25) is 0 Å². The van der Waals surface area contributed by atoms with Crippen molar-refractivity contribution in [3.63, 3.8) is 0 Å². The normalized spacial score (nSPS) is 10.3. The van der Waals surface area contributed by atoms with E-state index in [4.69, 9.17) is 9.47 Å². The minimum Gasteiger partial charge on any atom is -0.497 e. The zero-order valence-corrected chi connectivity index (χ0v) is 14.2. The van der Waals surface area contributed by atoms with Crippen LogP contribution < -0.4 is 14.8 Å². The van der Waals surface area contributed by atoms with Crippen LogP contribution in [0.1, 0.15) is 10.5 Å². The minimum atomic E-state index is -0.272. The van der Waals surface area contributed by atoms with Crippen LogP contribution in [0.15, 0.2) is 40.4 Å². The fraction of sp³-hybridized carbons (Fsp3) is 0.125. The molecule has 7 heteroatoms. The Labute approximate surface area is 141 Å².